The van der Waals surface area contributed by atoms with E-state index in [9.17, 15) is 4.79 Å². The zero-order valence-electron chi connectivity index (χ0n) is 15.5. The molecule has 0 saturated heterocycles. The number of hydrogen-bond donors (Lipinski definition) is 1. The molecular weight excluding hydrogens is 330 g/mol. The molecule has 140 valence electrons. The summed E-state index contributed by atoms with van der Waals surface area (Å²) in [6, 6.07) is 7.87. The van der Waals surface area contributed by atoms with E-state index in [0.717, 1.165) is 30.1 Å². The summed E-state index contributed by atoms with van der Waals surface area (Å²) in [5.74, 6) is 2.83. The maximum absolute atomic E-state index is 12.1. The summed E-state index contributed by atoms with van der Waals surface area (Å²) in [5, 5.41) is 7.16. The number of rotatable bonds is 7. The highest BCUT2D eigenvalue weighted by Crippen LogP contribution is 2.23. The largest absolute Gasteiger partial charge is 0.497 e. The van der Waals surface area contributed by atoms with Gasteiger partial charge < -0.3 is 14.6 Å². The Bertz CT molecular complexity index is 703. The maximum Gasteiger partial charge on any atom is 0.226 e. The fraction of sp³-hybridized carbons (Fsp3) is 0.550. The van der Waals surface area contributed by atoms with Gasteiger partial charge in [0, 0.05) is 24.4 Å². The molecule has 1 fully saturated rings. The van der Waals surface area contributed by atoms with E-state index in [1.807, 2.05) is 24.3 Å². The van der Waals surface area contributed by atoms with Crippen LogP contribution in [0, 0.1) is 5.92 Å². The van der Waals surface area contributed by atoms with Gasteiger partial charge in [-0.3, -0.25) is 4.79 Å². The molecule has 0 spiro atoms. The Balaban J connectivity index is 1.42. The van der Waals surface area contributed by atoms with E-state index < -0.39 is 0 Å². The molecule has 0 aliphatic heterocycles. The third-order valence-corrected chi connectivity index (χ3v) is 4.99. The second-order valence-electron chi connectivity index (χ2n) is 7.12. The smallest absolute Gasteiger partial charge is 0.226 e. The van der Waals surface area contributed by atoms with Crippen molar-refractivity contribution < 1.29 is 14.1 Å². The standard InChI is InChI=1S/C20H27N3O3/c1-14-6-10-16(11-7-14)21-18(24)4-3-5-19-22-20(23-26-19)15-8-12-17(25-2)13-9-15/h8-9,12-14,16H,3-7,10-11H2,1-2H3,(H,21,24). The van der Waals surface area contributed by atoms with Crippen molar-refractivity contribution in [3.05, 3.63) is 30.2 Å². The molecule has 0 radical (unpaired) electrons. The molecule has 6 heteroatoms. The lowest BCUT2D eigenvalue weighted by Gasteiger charge is -2.26. The van der Waals surface area contributed by atoms with Crippen LogP contribution in [0.3, 0.4) is 0 Å². The van der Waals surface area contributed by atoms with Gasteiger partial charge >= 0.3 is 0 Å². The van der Waals surface area contributed by atoms with Gasteiger partial charge in [0.05, 0.1) is 7.11 Å². The van der Waals surface area contributed by atoms with Gasteiger partial charge in [0.15, 0.2) is 0 Å². The van der Waals surface area contributed by atoms with Crippen LogP contribution in [0.5, 0.6) is 5.75 Å². The van der Waals surface area contributed by atoms with E-state index in [0.29, 0.717) is 37.0 Å². The molecule has 1 amide bonds. The number of hydrogen-bond acceptors (Lipinski definition) is 5. The highest BCUT2D eigenvalue weighted by Gasteiger charge is 2.19. The van der Waals surface area contributed by atoms with Crippen LogP contribution in [0.1, 0.15) is 51.3 Å². The lowest BCUT2D eigenvalue weighted by Crippen LogP contribution is -2.37. The average Bonchev–Trinajstić information content (AvgIpc) is 3.12. The normalized spacial score (nSPS) is 19.9. The van der Waals surface area contributed by atoms with Crippen LogP contribution in [0.15, 0.2) is 28.8 Å². The van der Waals surface area contributed by atoms with Crippen molar-refractivity contribution in [3.63, 3.8) is 0 Å². The SMILES string of the molecule is COc1ccc(-c2noc(CCCC(=O)NC3CCC(C)CC3)n2)cc1. The quantitative estimate of drug-likeness (QED) is 0.816. The van der Waals surface area contributed by atoms with Gasteiger partial charge in [-0.1, -0.05) is 12.1 Å². The molecule has 1 heterocycles. The molecule has 1 aliphatic carbocycles. The van der Waals surface area contributed by atoms with Gasteiger partial charge in [-0.05, 0) is 62.3 Å². The van der Waals surface area contributed by atoms with Crippen molar-refractivity contribution in [2.75, 3.05) is 7.11 Å². The van der Waals surface area contributed by atoms with Crippen LogP contribution < -0.4 is 10.1 Å². The number of aromatic nitrogens is 2. The van der Waals surface area contributed by atoms with Gasteiger partial charge in [0.2, 0.25) is 17.6 Å². The Hall–Kier alpha value is -2.37. The topological polar surface area (TPSA) is 77.2 Å². The van der Waals surface area contributed by atoms with E-state index in [1.54, 1.807) is 7.11 Å². The van der Waals surface area contributed by atoms with Crippen LogP contribution in [0.2, 0.25) is 0 Å². The summed E-state index contributed by atoms with van der Waals surface area (Å²) < 4.78 is 10.4. The number of methoxy groups -OCH3 is 1. The predicted molar refractivity (Wildman–Crippen MR) is 98.8 cm³/mol. The first-order chi connectivity index (χ1) is 12.6. The minimum atomic E-state index is 0.124. The van der Waals surface area contributed by atoms with Gasteiger partial charge in [-0.15, -0.1) is 0 Å². The Kier molecular flexibility index (Phi) is 6.26. The molecule has 3 rings (SSSR count). The third-order valence-electron chi connectivity index (χ3n) is 4.99. The monoisotopic (exact) mass is 357 g/mol. The minimum absolute atomic E-state index is 0.124. The van der Waals surface area contributed by atoms with E-state index in [1.165, 1.54) is 12.8 Å². The summed E-state index contributed by atoms with van der Waals surface area (Å²) in [6.07, 6.45) is 6.43. The van der Waals surface area contributed by atoms with Crippen molar-refractivity contribution in [2.45, 2.75) is 57.9 Å². The highest BCUT2D eigenvalue weighted by molar-refractivity contribution is 5.76. The second kappa shape index (κ2) is 8.83. The zero-order chi connectivity index (χ0) is 18.4. The first-order valence-corrected chi connectivity index (χ1v) is 9.40. The number of carbonyl (C=O) groups is 1. The first-order valence-electron chi connectivity index (χ1n) is 9.40. The summed E-state index contributed by atoms with van der Waals surface area (Å²) in [5.41, 5.74) is 0.880. The summed E-state index contributed by atoms with van der Waals surface area (Å²) in [6.45, 7) is 2.28. The van der Waals surface area contributed by atoms with Crippen molar-refractivity contribution in [3.8, 4) is 17.1 Å². The molecule has 1 aromatic carbocycles. The Morgan fingerprint density at radius 2 is 1.96 bits per heavy atom. The lowest BCUT2D eigenvalue weighted by atomic mass is 9.87. The number of carbonyl (C=O) groups excluding carboxylic acids is 1. The van der Waals surface area contributed by atoms with Gasteiger partial charge in [0.25, 0.3) is 0 Å². The summed E-state index contributed by atoms with van der Waals surface area (Å²) in [7, 11) is 1.63. The number of nitrogens with one attached hydrogen (secondary N) is 1. The molecule has 1 N–H and O–H groups in total. The van der Waals surface area contributed by atoms with E-state index >= 15 is 0 Å². The van der Waals surface area contributed by atoms with Crippen LogP contribution in [0.25, 0.3) is 11.4 Å². The summed E-state index contributed by atoms with van der Waals surface area (Å²) in [4.78, 5) is 16.5. The predicted octanol–water partition coefficient (Wildman–Crippen LogP) is 3.76. The number of benzene rings is 1. The van der Waals surface area contributed by atoms with Crippen molar-refractivity contribution in [1.82, 2.24) is 15.5 Å². The van der Waals surface area contributed by atoms with Gasteiger partial charge in [0.1, 0.15) is 5.75 Å². The highest BCUT2D eigenvalue weighted by atomic mass is 16.5. The molecule has 1 saturated carbocycles. The lowest BCUT2D eigenvalue weighted by molar-refractivity contribution is -0.122. The Labute approximate surface area is 154 Å². The van der Waals surface area contributed by atoms with Gasteiger partial charge in [-0.25, -0.2) is 0 Å². The summed E-state index contributed by atoms with van der Waals surface area (Å²) >= 11 is 0. The number of nitrogens with zero attached hydrogens (tertiary/aromatic N) is 2. The zero-order valence-corrected chi connectivity index (χ0v) is 15.5. The van der Waals surface area contributed by atoms with Crippen molar-refractivity contribution >= 4 is 5.91 Å². The van der Waals surface area contributed by atoms with E-state index in [-0.39, 0.29) is 5.91 Å². The number of ether oxygens (including phenoxy) is 1. The molecule has 6 nitrogen and oxygen atoms in total. The molecule has 1 aliphatic rings. The molecule has 1 aromatic heterocycles. The average molecular weight is 357 g/mol. The van der Waals surface area contributed by atoms with Crippen LogP contribution in [-0.4, -0.2) is 29.2 Å². The second-order valence-corrected chi connectivity index (χ2v) is 7.12. The fourth-order valence-corrected chi connectivity index (χ4v) is 3.32. The number of aryl methyl sites for hydroxylation is 1. The van der Waals surface area contributed by atoms with Crippen molar-refractivity contribution in [2.24, 2.45) is 5.92 Å². The fourth-order valence-electron chi connectivity index (χ4n) is 3.32. The Morgan fingerprint density at radius 1 is 1.23 bits per heavy atom. The molecular formula is C20H27N3O3. The maximum atomic E-state index is 12.1. The van der Waals surface area contributed by atoms with E-state index in [2.05, 4.69) is 22.4 Å². The molecule has 0 bridgehead atoms. The number of amides is 1. The molecule has 26 heavy (non-hydrogen) atoms. The van der Waals surface area contributed by atoms with E-state index in [4.69, 9.17) is 9.26 Å². The third kappa shape index (κ3) is 5.07. The minimum Gasteiger partial charge on any atom is -0.497 e. The van der Waals surface area contributed by atoms with Gasteiger partial charge in [-0.2, -0.15) is 4.98 Å². The molecule has 0 atom stereocenters. The molecule has 2 aromatic rings. The van der Waals surface area contributed by atoms with Crippen LogP contribution in [-0.2, 0) is 11.2 Å². The molecule has 0 unspecified atom stereocenters. The Morgan fingerprint density at radius 3 is 2.65 bits per heavy atom. The van der Waals surface area contributed by atoms with Crippen LogP contribution >= 0.6 is 0 Å². The van der Waals surface area contributed by atoms with Crippen LogP contribution in [0.4, 0.5) is 0 Å². The first kappa shape index (κ1) is 18.4. The van der Waals surface area contributed by atoms with Crippen molar-refractivity contribution in [1.29, 1.82) is 0 Å².